The Balaban J connectivity index is 1.79. The van der Waals surface area contributed by atoms with E-state index in [1.807, 2.05) is 18.2 Å². The van der Waals surface area contributed by atoms with Crippen LogP contribution < -0.4 is 9.47 Å². The first-order chi connectivity index (χ1) is 12.6. The van der Waals surface area contributed by atoms with Crippen LogP contribution >= 0.6 is 35.1 Å². The number of benzene rings is 2. The van der Waals surface area contributed by atoms with E-state index in [0.717, 1.165) is 27.5 Å². The molecule has 0 spiro atoms. The van der Waals surface area contributed by atoms with Crippen molar-refractivity contribution in [2.24, 2.45) is 4.99 Å². The molecule has 0 bridgehead atoms. The fourth-order valence-electron chi connectivity index (χ4n) is 2.35. The normalized spacial score (nSPS) is 15.3. The molecule has 3 rings (SSSR count). The number of thioether (sulfide) groups is 2. The van der Waals surface area contributed by atoms with Gasteiger partial charge in [-0.15, -0.1) is 0 Å². The van der Waals surface area contributed by atoms with Gasteiger partial charge in [0.15, 0.2) is 11.5 Å². The summed E-state index contributed by atoms with van der Waals surface area (Å²) in [5.74, 6) is 1.74. The number of carbonyl (C=O) groups excluding carboxylic acids is 1. The second-order valence-corrected chi connectivity index (χ2v) is 7.90. The molecule has 0 radical (unpaired) electrons. The van der Waals surface area contributed by atoms with E-state index in [9.17, 15) is 4.79 Å². The van der Waals surface area contributed by atoms with Crippen molar-refractivity contribution < 1.29 is 14.3 Å². The van der Waals surface area contributed by atoms with E-state index in [1.165, 1.54) is 19.8 Å². The van der Waals surface area contributed by atoms with Crippen LogP contribution in [0.1, 0.15) is 11.1 Å². The zero-order valence-corrected chi connectivity index (χ0v) is 16.6. The van der Waals surface area contributed by atoms with Gasteiger partial charge >= 0.3 is 0 Å². The molecular weight excluding hydrogens is 390 g/mol. The van der Waals surface area contributed by atoms with Gasteiger partial charge in [-0.3, -0.25) is 4.79 Å². The van der Waals surface area contributed by atoms with Gasteiger partial charge in [-0.1, -0.05) is 53.7 Å². The number of ether oxygens (including phenoxy) is 2. The van der Waals surface area contributed by atoms with Crippen molar-refractivity contribution in [2.75, 3.05) is 14.2 Å². The fourth-order valence-corrected chi connectivity index (χ4v) is 4.44. The van der Waals surface area contributed by atoms with Crippen LogP contribution in [0.4, 0.5) is 0 Å². The number of methoxy groups -OCH3 is 2. The standard InChI is InChI=1S/C19H16ClNO3S2/c1-23-16-10-13(8-14(20)17(16)24-2)9-15-18(22)26-19(21-15)25-11-12-6-4-3-5-7-12/h3-10H,11H2,1-2H3/b15-9-. The van der Waals surface area contributed by atoms with Gasteiger partial charge in [-0.25, -0.2) is 4.99 Å². The van der Waals surface area contributed by atoms with Crippen molar-refractivity contribution in [1.29, 1.82) is 0 Å². The molecule has 0 aromatic heterocycles. The van der Waals surface area contributed by atoms with Crippen LogP contribution in [0, 0.1) is 0 Å². The number of carbonyl (C=O) groups is 1. The SMILES string of the molecule is COc1cc(/C=C2\N=C(SCc3ccccc3)SC2=O)cc(Cl)c1OC. The van der Waals surface area contributed by atoms with E-state index in [1.54, 1.807) is 30.0 Å². The second-order valence-electron chi connectivity index (χ2n) is 5.31. The molecule has 0 saturated carbocycles. The number of hydrogen-bond acceptors (Lipinski definition) is 6. The predicted molar refractivity (Wildman–Crippen MR) is 110 cm³/mol. The minimum absolute atomic E-state index is 0.0773. The van der Waals surface area contributed by atoms with Crippen LogP contribution in [0.3, 0.4) is 0 Å². The third-order valence-electron chi connectivity index (χ3n) is 3.57. The van der Waals surface area contributed by atoms with Gasteiger partial charge in [0, 0.05) is 5.75 Å². The molecule has 7 heteroatoms. The molecule has 0 atom stereocenters. The van der Waals surface area contributed by atoms with Crippen LogP contribution in [0.2, 0.25) is 5.02 Å². The van der Waals surface area contributed by atoms with Crippen LogP contribution in [0.25, 0.3) is 6.08 Å². The highest BCUT2D eigenvalue weighted by Gasteiger charge is 2.23. The van der Waals surface area contributed by atoms with Gasteiger partial charge in [0.1, 0.15) is 10.1 Å². The van der Waals surface area contributed by atoms with Crippen molar-refractivity contribution in [3.8, 4) is 11.5 Å². The molecule has 0 unspecified atom stereocenters. The quantitative estimate of drug-likeness (QED) is 0.635. The Hall–Kier alpha value is -1.89. The molecule has 2 aromatic rings. The summed E-state index contributed by atoms with van der Waals surface area (Å²) in [6, 6.07) is 13.6. The third-order valence-corrected chi connectivity index (χ3v) is 5.93. The molecule has 1 aliphatic rings. The molecule has 0 saturated heterocycles. The third kappa shape index (κ3) is 4.44. The maximum Gasteiger partial charge on any atom is 0.244 e. The Morgan fingerprint density at radius 1 is 1.19 bits per heavy atom. The summed E-state index contributed by atoms with van der Waals surface area (Å²) in [6.07, 6.45) is 1.71. The topological polar surface area (TPSA) is 47.9 Å². The maximum atomic E-state index is 12.2. The molecule has 0 amide bonds. The van der Waals surface area contributed by atoms with Crippen LogP contribution in [0.15, 0.2) is 53.2 Å². The first-order valence-electron chi connectivity index (χ1n) is 7.71. The molecule has 26 heavy (non-hydrogen) atoms. The fraction of sp³-hybridized carbons (Fsp3) is 0.158. The average molecular weight is 406 g/mol. The number of nitrogens with zero attached hydrogens (tertiary/aromatic N) is 1. The minimum Gasteiger partial charge on any atom is -0.493 e. The monoisotopic (exact) mass is 405 g/mol. The number of hydrogen-bond donors (Lipinski definition) is 0. The van der Waals surface area contributed by atoms with Gasteiger partial charge in [0.2, 0.25) is 5.12 Å². The lowest BCUT2D eigenvalue weighted by molar-refractivity contribution is -0.107. The van der Waals surface area contributed by atoms with E-state index in [4.69, 9.17) is 21.1 Å². The van der Waals surface area contributed by atoms with E-state index < -0.39 is 0 Å². The minimum atomic E-state index is -0.0773. The lowest BCUT2D eigenvalue weighted by Crippen LogP contribution is -1.93. The number of rotatable bonds is 5. The lowest BCUT2D eigenvalue weighted by atomic mass is 10.1. The van der Waals surface area contributed by atoms with Crippen molar-refractivity contribution in [1.82, 2.24) is 0 Å². The Morgan fingerprint density at radius 2 is 1.96 bits per heavy atom. The highest BCUT2D eigenvalue weighted by atomic mass is 35.5. The second kappa shape index (κ2) is 8.66. The summed E-state index contributed by atoms with van der Waals surface area (Å²) in [4.78, 5) is 16.7. The number of aliphatic imine (C=N–C) groups is 1. The Bertz CT molecular complexity index is 882. The molecule has 1 aliphatic heterocycles. The van der Waals surface area contributed by atoms with Gasteiger partial charge in [-0.05, 0) is 41.1 Å². The summed E-state index contributed by atoms with van der Waals surface area (Å²) >= 11 is 8.92. The maximum absolute atomic E-state index is 12.2. The smallest absolute Gasteiger partial charge is 0.244 e. The summed E-state index contributed by atoms with van der Waals surface area (Å²) in [7, 11) is 3.07. The van der Waals surface area contributed by atoms with Crippen molar-refractivity contribution >= 4 is 50.7 Å². The summed E-state index contributed by atoms with van der Waals surface area (Å²) in [6.45, 7) is 0. The van der Waals surface area contributed by atoms with E-state index in [2.05, 4.69) is 17.1 Å². The van der Waals surface area contributed by atoms with Crippen LogP contribution in [-0.4, -0.2) is 23.7 Å². The molecule has 4 nitrogen and oxygen atoms in total. The first-order valence-corrected chi connectivity index (χ1v) is 9.89. The zero-order valence-electron chi connectivity index (χ0n) is 14.2. The van der Waals surface area contributed by atoms with Gasteiger partial charge in [0.05, 0.1) is 19.2 Å². The molecule has 0 aliphatic carbocycles. The molecular formula is C19H16ClNO3S2. The van der Waals surface area contributed by atoms with Crippen molar-refractivity contribution in [2.45, 2.75) is 5.75 Å². The van der Waals surface area contributed by atoms with E-state index >= 15 is 0 Å². The van der Waals surface area contributed by atoms with Gasteiger partial charge < -0.3 is 9.47 Å². The first kappa shape index (κ1) is 18.9. The molecule has 134 valence electrons. The van der Waals surface area contributed by atoms with Crippen molar-refractivity contribution in [3.63, 3.8) is 0 Å². The summed E-state index contributed by atoms with van der Waals surface area (Å²) < 4.78 is 11.3. The van der Waals surface area contributed by atoms with Crippen molar-refractivity contribution in [3.05, 3.63) is 64.3 Å². The van der Waals surface area contributed by atoms with E-state index in [-0.39, 0.29) is 5.12 Å². The van der Waals surface area contributed by atoms with Gasteiger partial charge in [-0.2, -0.15) is 0 Å². The molecule has 0 N–H and O–H groups in total. The molecule has 2 aromatic carbocycles. The molecule has 1 heterocycles. The molecule has 0 fully saturated rings. The van der Waals surface area contributed by atoms with E-state index in [0.29, 0.717) is 22.2 Å². The highest BCUT2D eigenvalue weighted by molar-refractivity contribution is 8.45. The number of halogens is 1. The summed E-state index contributed by atoms with van der Waals surface area (Å²) in [5, 5.41) is 0.339. The summed E-state index contributed by atoms with van der Waals surface area (Å²) in [5.41, 5.74) is 2.32. The Labute approximate surface area is 165 Å². The van der Waals surface area contributed by atoms with Crippen LogP contribution in [-0.2, 0) is 10.5 Å². The van der Waals surface area contributed by atoms with Gasteiger partial charge in [0.25, 0.3) is 0 Å². The zero-order chi connectivity index (χ0) is 18.5. The highest BCUT2D eigenvalue weighted by Crippen LogP contribution is 2.38. The average Bonchev–Trinajstić information content (AvgIpc) is 3.00. The Kier molecular flexibility index (Phi) is 6.29. The largest absolute Gasteiger partial charge is 0.493 e. The lowest BCUT2D eigenvalue weighted by Gasteiger charge is -2.10. The Morgan fingerprint density at radius 3 is 2.65 bits per heavy atom. The predicted octanol–water partition coefficient (Wildman–Crippen LogP) is 5.26. The van der Waals surface area contributed by atoms with Crippen LogP contribution in [0.5, 0.6) is 11.5 Å².